The second-order valence-corrected chi connectivity index (χ2v) is 8.16. The lowest BCUT2D eigenvalue weighted by Gasteiger charge is -2.22. The molecule has 0 saturated carbocycles. The van der Waals surface area contributed by atoms with Crippen molar-refractivity contribution >= 4 is 15.9 Å². The Morgan fingerprint density at radius 2 is 2.08 bits per heavy atom. The third kappa shape index (κ3) is 3.91. The van der Waals surface area contributed by atoms with Crippen LogP contribution in [0.2, 0.25) is 0 Å². The van der Waals surface area contributed by atoms with Crippen LogP contribution in [0.25, 0.3) is 11.4 Å². The van der Waals surface area contributed by atoms with Crippen molar-refractivity contribution in [2.45, 2.75) is 31.8 Å². The van der Waals surface area contributed by atoms with E-state index >= 15 is 0 Å². The fraction of sp³-hybridized carbons (Fsp3) is 0.438. The van der Waals surface area contributed by atoms with Gasteiger partial charge in [0.15, 0.2) is 0 Å². The Bertz CT molecular complexity index is 897. The molecule has 8 nitrogen and oxygen atoms in total. The highest BCUT2D eigenvalue weighted by atomic mass is 32.2. The van der Waals surface area contributed by atoms with Crippen LogP contribution in [0, 0.1) is 5.82 Å². The standard InChI is InChI=1S/C16H19FN4O4S/c1-10(18-15(22)13-4-3-9-21(13)26(2,23)24)16-19-14(20-25-16)11-5-7-12(17)8-6-11/h5-8,10,13H,3-4,9H2,1-2H3,(H,18,22). The highest BCUT2D eigenvalue weighted by Crippen LogP contribution is 2.22. The van der Waals surface area contributed by atoms with Crippen molar-refractivity contribution in [1.82, 2.24) is 19.8 Å². The molecule has 1 aromatic heterocycles. The highest BCUT2D eigenvalue weighted by Gasteiger charge is 2.37. The lowest BCUT2D eigenvalue weighted by Crippen LogP contribution is -2.46. The molecule has 0 spiro atoms. The molecule has 1 N–H and O–H groups in total. The Morgan fingerprint density at radius 1 is 1.38 bits per heavy atom. The number of carbonyl (C=O) groups is 1. The molecule has 0 radical (unpaired) electrons. The normalized spacial score (nSPS) is 19.4. The van der Waals surface area contributed by atoms with E-state index in [1.807, 2.05) is 0 Å². The average molecular weight is 382 g/mol. The summed E-state index contributed by atoms with van der Waals surface area (Å²) in [7, 11) is -3.44. The number of amides is 1. The Balaban J connectivity index is 1.69. The van der Waals surface area contributed by atoms with Gasteiger partial charge in [-0.25, -0.2) is 12.8 Å². The lowest BCUT2D eigenvalue weighted by molar-refractivity contribution is -0.125. The van der Waals surface area contributed by atoms with E-state index in [-0.39, 0.29) is 17.5 Å². The van der Waals surface area contributed by atoms with Gasteiger partial charge in [-0.3, -0.25) is 4.79 Å². The van der Waals surface area contributed by atoms with Gasteiger partial charge in [0.05, 0.1) is 6.26 Å². The number of aromatic nitrogens is 2. The second-order valence-electron chi connectivity index (χ2n) is 6.23. The first-order chi connectivity index (χ1) is 12.3. The number of nitrogens with zero attached hydrogens (tertiary/aromatic N) is 3. The monoisotopic (exact) mass is 382 g/mol. The quantitative estimate of drug-likeness (QED) is 0.840. The molecule has 1 aliphatic heterocycles. The van der Waals surface area contributed by atoms with Crippen molar-refractivity contribution in [2.75, 3.05) is 12.8 Å². The Hall–Kier alpha value is -2.33. The number of carbonyl (C=O) groups excluding carboxylic acids is 1. The zero-order valence-corrected chi connectivity index (χ0v) is 15.2. The molecule has 1 aromatic carbocycles. The number of halogens is 1. The number of hydrogen-bond donors (Lipinski definition) is 1. The van der Waals surface area contributed by atoms with E-state index in [2.05, 4.69) is 15.5 Å². The van der Waals surface area contributed by atoms with Crippen LogP contribution in [-0.2, 0) is 14.8 Å². The zero-order valence-electron chi connectivity index (χ0n) is 14.3. The van der Waals surface area contributed by atoms with Gasteiger partial charge in [-0.1, -0.05) is 5.16 Å². The summed E-state index contributed by atoms with van der Waals surface area (Å²) in [5, 5.41) is 6.54. The van der Waals surface area contributed by atoms with Crippen molar-refractivity contribution in [1.29, 1.82) is 0 Å². The minimum absolute atomic E-state index is 0.182. The summed E-state index contributed by atoms with van der Waals surface area (Å²) in [4.78, 5) is 16.7. The number of rotatable bonds is 5. The van der Waals surface area contributed by atoms with Crippen LogP contribution in [-0.4, -0.2) is 47.6 Å². The third-order valence-electron chi connectivity index (χ3n) is 4.21. The summed E-state index contributed by atoms with van der Waals surface area (Å²) in [5.41, 5.74) is 0.582. The van der Waals surface area contributed by atoms with E-state index < -0.39 is 28.0 Å². The molecule has 1 aliphatic rings. The third-order valence-corrected chi connectivity index (χ3v) is 5.49. The van der Waals surface area contributed by atoms with Crippen LogP contribution in [0.4, 0.5) is 4.39 Å². The summed E-state index contributed by atoms with van der Waals surface area (Å²) in [6.07, 6.45) is 2.19. The van der Waals surface area contributed by atoms with Crippen LogP contribution in [0.3, 0.4) is 0 Å². The first kappa shape index (κ1) is 18.5. The molecular formula is C16H19FN4O4S. The van der Waals surface area contributed by atoms with Crippen molar-refractivity contribution < 1.29 is 22.1 Å². The summed E-state index contributed by atoms with van der Waals surface area (Å²) in [6, 6.07) is 4.30. The SMILES string of the molecule is CC(NC(=O)C1CCCN1S(C)(=O)=O)c1nc(-c2ccc(F)cc2)no1. The topological polar surface area (TPSA) is 105 Å². The van der Waals surface area contributed by atoms with E-state index in [1.54, 1.807) is 6.92 Å². The summed E-state index contributed by atoms with van der Waals surface area (Å²) in [5.74, 6) is -0.312. The van der Waals surface area contributed by atoms with Gasteiger partial charge < -0.3 is 9.84 Å². The first-order valence-electron chi connectivity index (χ1n) is 8.12. The first-order valence-corrected chi connectivity index (χ1v) is 9.97. The van der Waals surface area contributed by atoms with Crippen LogP contribution in [0.15, 0.2) is 28.8 Å². The van der Waals surface area contributed by atoms with Gasteiger partial charge in [0.2, 0.25) is 27.6 Å². The van der Waals surface area contributed by atoms with Gasteiger partial charge in [-0.05, 0) is 44.0 Å². The fourth-order valence-electron chi connectivity index (χ4n) is 2.90. The largest absolute Gasteiger partial charge is 0.343 e. The van der Waals surface area contributed by atoms with E-state index in [0.29, 0.717) is 24.9 Å². The molecule has 140 valence electrons. The molecule has 0 bridgehead atoms. The molecular weight excluding hydrogens is 363 g/mol. The van der Waals surface area contributed by atoms with Crippen molar-refractivity contribution in [2.24, 2.45) is 0 Å². The van der Waals surface area contributed by atoms with Crippen LogP contribution >= 0.6 is 0 Å². The average Bonchev–Trinajstić information content (AvgIpc) is 3.24. The second kappa shape index (κ2) is 7.12. The van der Waals surface area contributed by atoms with Gasteiger partial charge in [0.25, 0.3) is 0 Å². The number of hydrogen-bond acceptors (Lipinski definition) is 6. The Labute approximate surface area is 150 Å². The smallest absolute Gasteiger partial charge is 0.249 e. The minimum atomic E-state index is -3.44. The van der Waals surface area contributed by atoms with E-state index in [4.69, 9.17) is 4.52 Å². The van der Waals surface area contributed by atoms with Crippen LogP contribution in [0.5, 0.6) is 0 Å². The molecule has 10 heteroatoms. The van der Waals surface area contributed by atoms with Crippen molar-refractivity contribution in [3.05, 3.63) is 36.0 Å². The molecule has 2 heterocycles. The Morgan fingerprint density at radius 3 is 2.73 bits per heavy atom. The molecule has 2 atom stereocenters. The maximum Gasteiger partial charge on any atom is 0.249 e. The number of sulfonamides is 1. The molecule has 2 aromatic rings. The summed E-state index contributed by atoms with van der Waals surface area (Å²) >= 11 is 0. The molecule has 26 heavy (non-hydrogen) atoms. The van der Waals surface area contributed by atoms with Gasteiger partial charge in [0, 0.05) is 12.1 Å². The van der Waals surface area contributed by atoms with Crippen molar-refractivity contribution in [3.63, 3.8) is 0 Å². The highest BCUT2D eigenvalue weighted by molar-refractivity contribution is 7.88. The molecule has 1 amide bonds. The van der Waals surface area contributed by atoms with Gasteiger partial charge >= 0.3 is 0 Å². The molecule has 1 fully saturated rings. The molecule has 2 unspecified atom stereocenters. The predicted molar refractivity (Wildman–Crippen MR) is 90.8 cm³/mol. The lowest BCUT2D eigenvalue weighted by atomic mass is 10.2. The van der Waals surface area contributed by atoms with Crippen molar-refractivity contribution in [3.8, 4) is 11.4 Å². The predicted octanol–water partition coefficient (Wildman–Crippen LogP) is 1.48. The van der Waals surface area contributed by atoms with Gasteiger partial charge in [-0.2, -0.15) is 9.29 Å². The van der Waals surface area contributed by atoms with Crippen LogP contribution in [0.1, 0.15) is 31.7 Å². The molecule has 0 aliphatic carbocycles. The Kier molecular flexibility index (Phi) is 5.05. The minimum Gasteiger partial charge on any atom is -0.343 e. The maximum atomic E-state index is 13.0. The molecule has 1 saturated heterocycles. The van der Waals surface area contributed by atoms with E-state index in [1.165, 1.54) is 28.6 Å². The number of benzene rings is 1. The molecule has 3 rings (SSSR count). The van der Waals surface area contributed by atoms with E-state index in [0.717, 1.165) is 6.26 Å². The number of nitrogens with one attached hydrogen (secondary N) is 1. The fourth-order valence-corrected chi connectivity index (χ4v) is 4.02. The maximum absolute atomic E-state index is 13.0. The van der Waals surface area contributed by atoms with E-state index in [9.17, 15) is 17.6 Å². The van der Waals surface area contributed by atoms with Gasteiger partial charge in [0.1, 0.15) is 17.9 Å². The summed E-state index contributed by atoms with van der Waals surface area (Å²) in [6.45, 7) is 2.00. The summed E-state index contributed by atoms with van der Waals surface area (Å²) < 4.78 is 42.9. The van der Waals surface area contributed by atoms with Gasteiger partial charge in [-0.15, -0.1) is 0 Å². The zero-order chi connectivity index (χ0) is 18.9. The van der Waals surface area contributed by atoms with Crippen LogP contribution < -0.4 is 5.32 Å².